The number of aliphatic hydroxyl groups excluding tert-OH is 1. The number of benzene rings is 2. The van der Waals surface area contributed by atoms with Crippen LogP contribution in [0, 0.1) is 0 Å². The molecule has 0 atom stereocenters. The lowest BCUT2D eigenvalue weighted by molar-refractivity contribution is -0.137. The van der Waals surface area contributed by atoms with Gasteiger partial charge in [0.05, 0.1) is 45.1 Å². The van der Waals surface area contributed by atoms with Crippen molar-refractivity contribution < 1.29 is 26.7 Å². The molecular weight excluding hydrogens is 401 g/mol. The molecule has 1 aliphatic rings. The molecule has 0 radical (unpaired) electrons. The fourth-order valence-electron chi connectivity index (χ4n) is 3.32. The number of alkyl halides is 3. The second kappa shape index (κ2) is 5.79. The molecule has 146 valence electrons. The molecular formula is C17H11F3N2O5S. The lowest BCUT2D eigenvalue weighted by atomic mass is 10.1. The first-order valence-electron chi connectivity index (χ1n) is 7.95. The topological polar surface area (TPSA) is 98.4 Å². The highest BCUT2D eigenvalue weighted by atomic mass is 32.2. The zero-order valence-electron chi connectivity index (χ0n) is 13.9. The van der Waals surface area contributed by atoms with Gasteiger partial charge in [0.15, 0.2) is 0 Å². The minimum Gasteiger partial charge on any atom is -0.395 e. The van der Waals surface area contributed by atoms with Gasteiger partial charge in [-0.25, -0.2) is 13.2 Å². The van der Waals surface area contributed by atoms with Gasteiger partial charge in [0.25, 0.3) is 5.56 Å². The maximum Gasteiger partial charge on any atom is 0.416 e. The number of para-hydroxylation sites is 1. The quantitative estimate of drug-likeness (QED) is 0.535. The van der Waals surface area contributed by atoms with Gasteiger partial charge in [0.1, 0.15) is 0 Å². The van der Waals surface area contributed by atoms with E-state index in [2.05, 4.69) is 0 Å². The predicted octanol–water partition coefficient (Wildman–Crippen LogP) is 1.31. The van der Waals surface area contributed by atoms with Crippen molar-refractivity contribution in [2.75, 3.05) is 6.61 Å². The van der Waals surface area contributed by atoms with Gasteiger partial charge in [-0.1, -0.05) is 6.07 Å². The van der Waals surface area contributed by atoms with E-state index in [0.717, 1.165) is 16.7 Å². The van der Waals surface area contributed by atoms with Crippen LogP contribution in [0.4, 0.5) is 13.2 Å². The molecule has 1 aromatic heterocycles. The van der Waals surface area contributed by atoms with Crippen molar-refractivity contribution in [2.45, 2.75) is 22.5 Å². The molecule has 0 amide bonds. The van der Waals surface area contributed by atoms with Crippen LogP contribution >= 0.6 is 0 Å². The Kier molecular flexibility index (Phi) is 3.81. The van der Waals surface area contributed by atoms with Crippen molar-refractivity contribution in [3.8, 4) is 5.69 Å². The van der Waals surface area contributed by atoms with E-state index in [1.807, 2.05) is 0 Å². The molecule has 0 aliphatic carbocycles. The van der Waals surface area contributed by atoms with E-state index < -0.39 is 49.2 Å². The number of hydrogen-bond acceptors (Lipinski definition) is 5. The van der Waals surface area contributed by atoms with E-state index >= 15 is 0 Å². The lowest BCUT2D eigenvalue weighted by Gasteiger charge is -2.24. The predicted molar refractivity (Wildman–Crippen MR) is 91.3 cm³/mol. The first-order chi connectivity index (χ1) is 13.1. The third-order valence-electron chi connectivity index (χ3n) is 4.55. The first-order valence-corrected chi connectivity index (χ1v) is 9.43. The molecule has 7 nitrogen and oxygen atoms in total. The monoisotopic (exact) mass is 412 g/mol. The smallest absolute Gasteiger partial charge is 0.395 e. The third kappa shape index (κ3) is 2.36. The zero-order chi connectivity index (χ0) is 20.4. The summed E-state index contributed by atoms with van der Waals surface area (Å²) in [7, 11) is -4.41. The number of rotatable bonds is 2. The second-order valence-corrected chi connectivity index (χ2v) is 8.02. The SMILES string of the molecule is O=c1c2cccc3c2n(c(=O)n1CCO)-c1ccc(C(F)(F)F)cc1S3(=O)=O. The number of nitrogens with zero attached hydrogens (tertiary/aromatic N) is 2. The maximum absolute atomic E-state index is 13.1. The molecule has 4 rings (SSSR count). The fourth-order valence-corrected chi connectivity index (χ4v) is 4.99. The van der Waals surface area contributed by atoms with Gasteiger partial charge in [0.2, 0.25) is 9.84 Å². The summed E-state index contributed by atoms with van der Waals surface area (Å²) in [6, 6.07) is 5.75. The number of hydrogen-bond donors (Lipinski definition) is 1. The molecule has 0 bridgehead atoms. The molecule has 0 saturated carbocycles. The first kappa shape index (κ1) is 18.4. The van der Waals surface area contributed by atoms with E-state index in [1.165, 1.54) is 12.1 Å². The Morgan fingerprint density at radius 1 is 1.04 bits per heavy atom. The highest BCUT2D eigenvalue weighted by Crippen LogP contribution is 2.39. The third-order valence-corrected chi connectivity index (χ3v) is 6.37. The van der Waals surface area contributed by atoms with E-state index in [1.54, 1.807) is 0 Å². The molecule has 11 heteroatoms. The molecule has 28 heavy (non-hydrogen) atoms. The average molecular weight is 412 g/mol. The van der Waals surface area contributed by atoms with Gasteiger partial charge < -0.3 is 5.11 Å². The van der Waals surface area contributed by atoms with E-state index in [-0.39, 0.29) is 23.1 Å². The Morgan fingerprint density at radius 3 is 2.39 bits per heavy atom. The van der Waals surface area contributed by atoms with Crippen molar-refractivity contribution in [3.05, 3.63) is 62.8 Å². The Balaban J connectivity index is 2.26. The Hall–Kier alpha value is -2.92. The number of aromatic nitrogens is 2. The molecule has 2 aromatic carbocycles. The van der Waals surface area contributed by atoms with E-state index in [9.17, 15) is 31.2 Å². The molecule has 1 N–H and O–H groups in total. The number of fused-ring (bicyclic) bond motifs is 2. The second-order valence-electron chi connectivity index (χ2n) is 6.13. The number of sulfone groups is 1. The number of aliphatic hydroxyl groups is 1. The van der Waals surface area contributed by atoms with Crippen molar-refractivity contribution in [3.63, 3.8) is 0 Å². The van der Waals surface area contributed by atoms with Gasteiger partial charge in [-0.3, -0.25) is 13.9 Å². The standard InChI is InChI=1S/C17H11F3N2O5S/c18-17(19,20)9-4-5-11-13(8-9)28(26,27)12-3-1-2-10-14(12)22(11)16(25)21(6-7-23)15(10)24/h1-5,8,23H,6-7H2. The zero-order valence-corrected chi connectivity index (χ0v) is 14.7. The molecule has 1 aliphatic heterocycles. The lowest BCUT2D eigenvalue weighted by Crippen LogP contribution is -2.42. The summed E-state index contributed by atoms with van der Waals surface area (Å²) in [4.78, 5) is 24.3. The Labute approximate surface area is 154 Å². The maximum atomic E-state index is 13.1. The highest BCUT2D eigenvalue weighted by molar-refractivity contribution is 7.92. The summed E-state index contributed by atoms with van der Waals surface area (Å²) >= 11 is 0. The van der Waals surface area contributed by atoms with Crippen LogP contribution in [0.1, 0.15) is 5.56 Å². The van der Waals surface area contributed by atoms with Crippen LogP contribution in [0.25, 0.3) is 16.6 Å². The molecule has 0 spiro atoms. The van der Waals surface area contributed by atoms with Crippen LogP contribution < -0.4 is 11.2 Å². The summed E-state index contributed by atoms with van der Waals surface area (Å²) in [5.74, 6) is 0. The fraction of sp³-hybridized carbons (Fsp3) is 0.176. The van der Waals surface area contributed by atoms with Crippen LogP contribution in [-0.2, 0) is 22.6 Å². The van der Waals surface area contributed by atoms with Gasteiger partial charge in [-0.15, -0.1) is 0 Å². The Morgan fingerprint density at radius 2 is 1.75 bits per heavy atom. The largest absolute Gasteiger partial charge is 0.416 e. The minimum absolute atomic E-state index is 0.0975. The van der Waals surface area contributed by atoms with Crippen molar-refractivity contribution in [2.24, 2.45) is 0 Å². The minimum atomic E-state index is -4.78. The number of halogens is 3. The average Bonchev–Trinajstić information content (AvgIpc) is 2.63. The van der Waals surface area contributed by atoms with Gasteiger partial charge in [-0.2, -0.15) is 13.2 Å². The van der Waals surface area contributed by atoms with E-state index in [4.69, 9.17) is 5.11 Å². The van der Waals surface area contributed by atoms with Gasteiger partial charge >= 0.3 is 11.9 Å². The van der Waals surface area contributed by atoms with Crippen LogP contribution in [-0.4, -0.2) is 29.3 Å². The van der Waals surface area contributed by atoms with E-state index in [0.29, 0.717) is 16.7 Å². The highest BCUT2D eigenvalue weighted by Gasteiger charge is 2.37. The molecule has 0 fully saturated rings. The summed E-state index contributed by atoms with van der Waals surface area (Å²) in [5.41, 5.74) is -3.40. The summed E-state index contributed by atoms with van der Waals surface area (Å²) in [5, 5.41) is 9.05. The molecule has 3 aromatic rings. The van der Waals surface area contributed by atoms with Crippen molar-refractivity contribution in [1.82, 2.24) is 9.13 Å². The van der Waals surface area contributed by atoms with Crippen LogP contribution in [0.2, 0.25) is 0 Å². The van der Waals surface area contributed by atoms with Crippen LogP contribution in [0.3, 0.4) is 0 Å². The normalized spacial score (nSPS) is 14.9. The summed E-state index contributed by atoms with van der Waals surface area (Å²) in [6.07, 6.45) is -4.78. The van der Waals surface area contributed by atoms with Crippen LogP contribution in [0.15, 0.2) is 55.8 Å². The van der Waals surface area contributed by atoms with Gasteiger partial charge in [0, 0.05) is 0 Å². The molecule has 0 unspecified atom stereocenters. The van der Waals surface area contributed by atoms with Crippen LogP contribution in [0.5, 0.6) is 0 Å². The van der Waals surface area contributed by atoms with Gasteiger partial charge in [-0.05, 0) is 30.3 Å². The summed E-state index contributed by atoms with van der Waals surface area (Å²) < 4.78 is 66.8. The summed E-state index contributed by atoms with van der Waals surface area (Å²) in [6.45, 7) is -0.876. The Bertz CT molecular complexity index is 1370. The van der Waals surface area contributed by atoms with Crippen molar-refractivity contribution >= 4 is 20.7 Å². The molecule has 2 heterocycles. The molecule has 0 saturated heterocycles. The van der Waals surface area contributed by atoms with Crippen molar-refractivity contribution in [1.29, 1.82) is 0 Å².